The number of benzene rings is 1. The Morgan fingerprint density at radius 1 is 1.00 bits per heavy atom. The number of carboxylic acid groups (broad SMARTS) is 1. The van der Waals surface area contributed by atoms with Crippen LogP contribution in [0.2, 0.25) is 0 Å². The molecule has 1 N–H and O–H groups in total. The Morgan fingerprint density at radius 3 is 2.45 bits per heavy atom. The van der Waals surface area contributed by atoms with Crippen LogP contribution in [-0.4, -0.2) is 21.0 Å². The molecule has 0 aliphatic carbocycles. The number of nitrogens with zero attached hydrogens (tertiary/aromatic N) is 2. The van der Waals surface area contributed by atoms with Crippen LogP contribution in [0.15, 0.2) is 64.9 Å². The zero-order chi connectivity index (χ0) is 13.9. The van der Waals surface area contributed by atoms with E-state index < -0.39 is 5.97 Å². The van der Waals surface area contributed by atoms with Gasteiger partial charge in [-0.15, -0.1) is 0 Å². The van der Waals surface area contributed by atoms with Gasteiger partial charge in [-0.05, 0) is 23.9 Å². The molecule has 0 fully saturated rings. The normalized spacial score (nSPS) is 10.6. The zero-order valence-corrected chi connectivity index (χ0v) is 11.2. The third-order valence-corrected chi connectivity index (χ3v) is 3.80. The first-order chi connectivity index (χ1) is 9.75. The first kappa shape index (κ1) is 12.6. The molecule has 0 unspecified atom stereocenters. The fourth-order valence-corrected chi connectivity index (χ4v) is 2.78. The molecular weight excluding hydrogens is 272 g/mol. The fourth-order valence-electron chi connectivity index (χ4n) is 1.93. The first-order valence-electron chi connectivity index (χ1n) is 5.95. The van der Waals surface area contributed by atoms with Crippen molar-refractivity contribution in [2.75, 3.05) is 0 Å². The molecule has 3 rings (SSSR count). The highest BCUT2D eigenvalue weighted by molar-refractivity contribution is 7.99. The van der Waals surface area contributed by atoms with Crippen molar-refractivity contribution < 1.29 is 9.90 Å². The molecule has 3 aromatic rings. The van der Waals surface area contributed by atoms with Gasteiger partial charge in [0.2, 0.25) is 0 Å². The van der Waals surface area contributed by atoms with Gasteiger partial charge in [0.25, 0.3) is 0 Å². The second kappa shape index (κ2) is 5.30. The molecule has 20 heavy (non-hydrogen) atoms. The third-order valence-electron chi connectivity index (χ3n) is 2.83. The summed E-state index contributed by atoms with van der Waals surface area (Å²) in [5, 5.41) is 12.3. The summed E-state index contributed by atoms with van der Waals surface area (Å²) in [6.07, 6.45) is 3.12. The Bertz CT molecular complexity index is 775. The highest BCUT2D eigenvalue weighted by Crippen LogP contribution is 2.31. The van der Waals surface area contributed by atoms with Crippen molar-refractivity contribution in [3.63, 3.8) is 0 Å². The van der Waals surface area contributed by atoms with E-state index in [9.17, 15) is 9.90 Å². The van der Waals surface area contributed by atoms with Crippen molar-refractivity contribution in [1.82, 2.24) is 9.97 Å². The Balaban J connectivity index is 2.13. The van der Waals surface area contributed by atoms with Gasteiger partial charge in [-0.2, -0.15) is 0 Å². The van der Waals surface area contributed by atoms with Crippen molar-refractivity contribution in [3.05, 3.63) is 60.4 Å². The van der Waals surface area contributed by atoms with Crippen LogP contribution in [-0.2, 0) is 0 Å². The maximum atomic E-state index is 11.2. The molecule has 5 heteroatoms. The molecule has 4 nitrogen and oxygen atoms in total. The number of fused-ring (bicyclic) bond motifs is 1. The molecule has 0 aliphatic rings. The number of carboxylic acids is 1. The van der Waals surface area contributed by atoms with Gasteiger partial charge in [0.1, 0.15) is 10.1 Å². The van der Waals surface area contributed by atoms with Crippen LogP contribution < -0.4 is 0 Å². The van der Waals surface area contributed by atoms with Gasteiger partial charge < -0.3 is 5.11 Å². The van der Waals surface area contributed by atoms with Crippen LogP contribution >= 0.6 is 11.8 Å². The summed E-state index contributed by atoms with van der Waals surface area (Å²) in [5.74, 6) is -0.969. The zero-order valence-electron chi connectivity index (χ0n) is 10.4. The average molecular weight is 282 g/mol. The summed E-state index contributed by atoms with van der Waals surface area (Å²) in [4.78, 5) is 19.7. The summed E-state index contributed by atoms with van der Waals surface area (Å²) in [6.45, 7) is 0. The Kier molecular flexibility index (Phi) is 3.35. The van der Waals surface area contributed by atoms with E-state index in [-0.39, 0.29) is 5.56 Å². The van der Waals surface area contributed by atoms with Gasteiger partial charge in [0.05, 0.1) is 5.56 Å². The number of pyridine rings is 2. The van der Waals surface area contributed by atoms with Crippen LogP contribution in [0.3, 0.4) is 0 Å². The van der Waals surface area contributed by atoms with Crippen LogP contribution in [0.1, 0.15) is 10.4 Å². The van der Waals surface area contributed by atoms with Crippen LogP contribution in [0, 0.1) is 0 Å². The smallest absolute Gasteiger partial charge is 0.337 e. The summed E-state index contributed by atoms with van der Waals surface area (Å²) in [6, 6.07) is 13.0. The molecule has 0 bridgehead atoms. The van der Waals surface area contributed by atoms with E-state index >= 15 is 0 Å². The maximum Gasteiger partial charge on any atom is 0.337 e. The molecule has 0 saturated heterocycles. The highest BCUT2D eigenvalue weighted by atomic mass is 32.2. The van der Waals surface area contributed by atoms with E-state index in [2.05, 4.69) is 9.97 Å². The average Bonchev–Trinajstić information content (AvgIpc) is 2.48. The predicted molar refractivity (Wildman–Crippen MR) is 77.1 cm³/mol. The second-order valence-electron chi connectivity index (χ2n) is 4.10. The molecule has 1 aromatic carbocycles. The summed E-state index contributed by atoms with van der Waals surface area (Å²) in [7, 11) is 0. The number of rotatable bonds is 3. The lowest BCUT2D eigenvalue weighted by Crippen LogP contribution is -1.99. The summed E-state index contributed by atoms with van der Waals surface area (Å²) >= 11 is 1.42. The van der Waals surface area contributed by atoms with Gasteiger partial charge in [-0.25, -0.2) is 14.8 Å². The molecule has 0 saturated carbocycles. The largest absolute Gasteiger partial charge is 0.478 e. The van der Waals surface area contributed by atoms with Crippen LogP contribution in [0.4, 0.5) is 0 Å². The fraction of sp³-hybridized carbons (Fsp3) is 0. The molecule has 98 valence electrons. The minimum atomic E-state index is -0.969. The van der Waals surface area contributed by atoms with Crippen molar-refractivity contribution in [2.24, 2.45) is 0 Å². The minimum absolute atomic E-state index is 0.214. The molecule has 2 heterocycles. The second-order valence-corrected chi connectivity index (χ2v) is 5.11. The highest BCUT2D eigenvalue weighted by Gasteiger charge is 2.13. The standard InChI is InChI=1S/C15H10N2O2S/c18-15(19)12-9-17-14(11-6-2-1-5-10(11)12)20-13-7-3-4-8-16-13/h1-9H,(H,18,19). The van der Waals surface area contributed by atoms with E-state index in [1.54, 1.807) is 12.3 Å². The van der Waals surface area contributed by atoms with Crippen molar-refractivity contribution >= 4 is 28.5 Å². The molecule has 0 spiro atoms. The monoisotopic (exact) mass is 282 g/mol. The van der Waals surface area contributed by atoms with Crippen molar-refractivity contribution in [3.8, 4) is 0 Å². The van der Waals surface area contributed by atoms with E-state index in [1.807, 2.05) is 36.4 Å². The predicted octanol–water partition coefficient (Wildman–Crippen LogP) is 3.48. The van der Waals surface area contributed by atoms with Gasteiger partial charge >= 0.3 is 5.97 Å². The van der Waals surface area contributed by atoms with E-state index in [0.29, 0.717) is 5.39 Å². The number of aromatic carboxylic acids is 1. The number of aromatic nitrogens is 2. The molecule has 0 atom stereocenters. The number of hydrogen-bond acceptors (Lipinski definition) is 4. The lowest BCUT2D eigenvalue weighted by molar-refractivity contribution is 0.0698. The van der Waals surface area contributed by atoms with Gasteiger partial charge in [0, 0.05) is 23.2 Å². The summed E-state index contributed by atoms with van der Waals surface area (Å²) in [5.41, 5.74) is 0.214. The Hall–Kier alpha value is -2.40. The summed E-state index contributed by atoms with van der Waals surface area (Å²) < 4.78 is 0. The topological polar surface area (TPSA) is 63.1 Å². The lowest BCUT2D eigenvalue weighted by Gasteiger charge is -2.07. The van der Waals surface area contributed by atoms with Gasteiger partial charge in [0.15, 0.2) is 0 Å². The van der Waals surface area contributed by atoms with E-state index in [0.717, 1.165) is 15.4 Å². The first-order valence-corrected chi connectivity index (χ1v) is 6.77. The Labute approximate surface area is 119 Å². The van der Waals surface area contributed by atoms with E-state index in [1.165, 1.54) is 18.0 Å². The molecule has 0 radical (unpaired) electrons. The molecular formula is C15H10N2O2S. The van der Waals surface area contributed by atoms with Crippen LogP contribution in [0.5, 0.6) is 0 Å². The SMILES string of the molecule is O=C(O)c1cnc(Sc2ccccn2)c2ccccc12. The quantitative estimate of drug-likeness (QED) is 0.796. The van der Waals surface area contributed by atoms with Crippen molar-refractivity contribution in [1.29, 1.82) is 0 Å². The van der Waals surface area contributed by atoms with E-state index in [4.69, 9.17) is 0 Å². The number of hydrogen-bond donors (Lipinski definition) is 1. The van der Waals surface area contributed by atoms with Crippen LogP contribution in [0.25, 0.3) is 10.8 Å². The van der Waals surface area contributed by atoms with Crippen molar-refractivity contribution in [2.45, 2.75) is 10.1 Å². The maximum absolute atomic E-state index is 11.2. The Morgan fingerprint density at radius 2 is 1.75 bits per heavy atom. The molecule has 2 aromatic heterocycles. The van der Waals surface area contributed by atoms with Gasteiger partial charge in [-0.1, -0.05) is 30.3 Å². The third kappa shape index (κ3) is 2.35. The molecule has 0 aliphatic heterocycles. The minimum Gasteiger partial charge on any atom is -0.478 e. The number of carbonyl (C=O) groups is 1. The lowest BCUT2D eigenvalue weighted by atomic mass is 10.1. The molecule has 0 amide bonds. The van der Waals surface area contributed by atoms with Gasteiger partial charge in [-0.3, -0.25) is 0 Å².